The standard InChI is InChI=1S/C17H27FN2O/c1-12(2)16(19)8-9-20(4)17(21)10-13(3)14-6-5-7-15(18)11-14/h5-7,11-13,16H,8-10,19H2,1-4H3. The van der Waals surface area contributed by atoms with Crippen LogP contribution in [0.3, 0.4) is 0 Å². The second-order valence-corrected chi connectivity index (χ2v) is 6.17. The number of carbonyl (C=O) groups is 1. The Balaban J connectivity index is 2.48. The molecule has 118 valence electrons. The molecule has 0 radical (unpaired) electrons. The van der Waals surface area contributed by atoms with Gasteiger partial charge in [-0.3, -0.25) is 4.79 Å². The van der Waals surface area contributed by atoms with Crippen LogP contribution in [0.1, 0.15) is 45.1 Å². The summed E-state index contributed by atoms with van der Waals surface area (Å²) in [6.07, 6.45) is 1.19. The maximum absolute atomic E-state index is 13.2. The highest BCUT2D eigenvalue weighted by molar-refractivity contribution is 5.76. The molecule has 2 unspecified atom stereocenters. The topological polar surface area (TPSA) is 46.3 Å². The zero-order valence-electron chi connectivity index (χ0n) is 13.5. The van der Waals surface area contributed by atoms with Crippen LogP contribution in [0.5, 0.6) is 0 Å². The summed E-state index contributed by atoms with van der Waals surface area (Å²) < 4.78 is 13.2. The number of hydrogen-bond acceptors (Lipinski definition) is 2. The largest absolute Gasteiger partial charge is 0.346 e. The van der Waals surface area contributed by atoms with Crippen LogP contribution >= 0.6 is 0 Å². The van der Waals surface area contributed by atoms with Gasteiger partial charge in [-0.1, -0.05) is 32.9 Å². The van der Waals surface area contributed by atoms with Gasteiger partial charge >= 0.3 is 0 Å². The highest BCUT2D eigenvalue weighted by Gasteiger charge is 2.16. The molecular formula is C17H27FN2O. The van der Waals surface area contributed by atoms with Gasteiger partial charge in [-0.05, 0) is 36.0 Å². The molecule has 1 rings (SSSR count). The molecular weight excluding hydrogens is 267 g/mol. The van der Waals surface area contributed by atoms with Crippen LogP contribution in [0.4, 0.5) is 4.39 Å². The fraction of sp³-hybridized carbons (Fsp3) is 0.588. The van der Waals surface area contributed by atoms with Crippen molar-refractivity contribution in [3.05, 3.63) is 35.6 Å². The zero-order valence-corrected chi connectivity index (χ0v) is 13.5. The molecule has 0 saturated heterocycles. The minimum atomic E-state index is -0.261. The molecule has 2 N–H and O–H groups in total. The minimum absolute atomic E-state index is 0.00872. The third-order valence-electron chi connectivity index (χ3n) is 3.98. The van der Waals surface area contributed by atoms with Crippen molar-refractivity contribution in [1.29, 1.82) is 0 Å². The summed E-state index contributed by atoms with van der Waals surface area (Å²) in [6, 6.07) is 6.55. The number of benzene rings is 1. The average molecular weight is 294 g/mol. The van der Waals surface area contributed by atoms with E-state index in [0.717, 1.165) is 12.0 Å². The van der Waals surface area contributed by atoms with Crippen molar-refractivity contribution in [3.8, 4) is 0 Å². The molecule has 0 bridgehead atoms. The number of hydrogen-bond donors (Lipinski definition) is 1. The fourth-order valence-corrected chi connectivity index (χ4v) is 2.15. The second kappa shape index (κ2) is 8.13. The number of rotatable bonds is 7. The Morgan fingerprint density at radius 2 is 2.00 bits per heavy atom. The number of halogens is 1. The normalized spacial score (nSPS) is 14.0. The van der Waals surface area contributed by atoms with Gasteiger partial charge in [0.15, 0.2) is 0 Å². The SMILES string of the molecule is CC(CC(=O)N(C)CCC(N)C(C)C)c1cccc(F)c1. The van der Waals surface area contributed by atoms with Gasteiger partial charge < -0.3 is 10.6 Å². The molecule has 3 nitrogen and oxygen atoms in total. The van der Waals surface area contributed by atoms with Crippen LogP contribution in [0.2, 0.25) is 0 Å². The van der Waals surface area contributed by atoms with E-state index in [2.05, 4.69) is 13.8 Å². The Morgan fingerprint density at radius 1 is 1.33 bits per heavy atom. The first-order valence-electron chi connectivity index (χ1n) is 7.56. The van der Waals surface area contributed by atoms with Gasteiger partial charge in [-0.2, -0.15) is 0 Å². The predicted molar refractivity (Wildman–Crippen MR) is 84.5 cm³/mol. The molecule has 21 heavy (non-hydrogen) atoms. The molecule has 0 fully saturated rings. The van der Waals surface area contributed by atoms with Gasteiger partial charge in [0.2, 0.25) is 5.91 Å². The Hall–Kier alpha value is -1.42. The van der Waals surface area contributed by atoms with Crippen LogP contribution in [-0.4, -0.2) is 30.4 Å². The lowest BCUT2D eigenvalue weighted by Gasteiger charge is -2.23. The van der Waals surface area contributed by atoms with Gasteiger partial charge in [-0.25, -0.2) is 4.39 Å². The van der Waals surface area contributed by atoms with Gasteiger partial charge in [0.25, 0.3) is 0 Å². The van der Waals surface area contributed by atoms with Crippen molar-refractivity contribution in [2.24, 2.45) is 11.7 Å². The van der Waals surface area contributed by atoms with Crippen molar-refractivity contribution in [2.45, 2.75) is 45.6 Å². The Bertz CT molecular complexity index is 462. The summed E-state index contributed by atoms with van der Waals surface area (Å²) in [5, 5.41) is 0. The molecule has 0 spiro atoms. The van der Waals surface area contributed by atoms with Gasteiger partial charge in [0.05, 0.1) is 0 Å². The zero-order chi connectivity index (χ0) is 16.0. The Morgan fingerprint density at radius 3 is 2.57 bits per heavy atom. The average Bonchev–Trinajstić information content (AvgIpc) is 2.43. The van der Waals surface area contributed by atoms with Gasteiger partial charge in [0.1, 0.15) is 5.82 Å². The first-order chi connectivity index (χ1) is 9.81. The Kier molecular flexibility index (Phi) is 6.82. The van der Waals surface area contributed by atoms with E-state index in [1.54, 1.807) is 18.0 Å². The molecule has 1 aromatic rings. The molecule has 1 aromatic carbocycles. The van der Waals surface area contributed by atoms with Crippen molar-refractivity contribution >= 4 is 5.91 Å². The van der Waals surface area contributed by atoms with Crippen molar-refractivity contribution in [2.75, 3.05) is 13.6 Å². The van der Waals surface area contributed by atoms with Crippen LogP contribution < -0.4 is 5.73 Å². The number of amides is 1. The smallest absolute Gasteiger partial charge is 0.222 e. The lowest BCUT2D eigenvalue weighted by Crippen LogP contribution is -2.35. The fourth-order valence-electron chi connectivity index (χ4n) is 2.15. The number of carbonyl (C=O) groups excluding carboxylic acids is 1. The Labute approximate surface area is 127 Å². The quantitative estimate of drug-likeness (QED) is 0.839. The molecule has 4 heteroatoms. The summed E-state index contributed by atoms with van der Waals surface area (Å²) >= 11 is 0. The molecule has 0 aliphatic rings. The maximum Gasteiger partial charge on any atom is 0.222 e. The highest BCUT2D eigenvalue weighted by atomic mass is 19.1. The summed E-state index contributed by atoms with van der Waals surface area (Å²) in [5.41, 5.74) is 6.85. The molecule has 2 atom stereocenters. The van der Waals surface area contributed by atoms with Crippen molar-refractivity contribution in [1.82, 2.24) is 4.90 Å². The van der Waals surface area contributed by atoms with Gasteiger partial charge in [0, 0.05) is 26.1 Å². The lowest BCUT2D eigenvalue weighted by molar-refractivity contribution is -0.130. The van der Waals surface area contributed by atoms with E-state index in [-0.39, 0.29) is 23.7 Å². The maximum atomic E-state index is 13.2. The number of nitrogens with zero attached hydrogens (tertiary/aromatic N) is 1. The monoisotopic (exact) mass is 294 g/mol. The van der Waals surface area contributed by atoms with E-state index in [0.29, 0.717) is 18.9 Å². The summed E-state index contributed by atoms with van der Waals surface area (Å²) in [4.78, 5) is 13.9. The third-order valence-corrected chi connectivity index (χ3v) is 3.98. The number of nitrogens with two attached hydrogens (primary N) is 1. The third kappa shape index (κ3) is 5.84. The second-order valence-electron chi connectivity index (χ2n) is 6.17. The predicted octanol–water partition coefficient (Wildman–Crippen LogP) is 3.15. The van der Waals surface area contributed by atoms with E-state index in [1.807, 2.05) is 13.0 Å². The summed E-state index contributed by atoms with van der Waals surface area (Å²) in [7, 11) is 1.80. The minimum Gasteiger partial charge on any atom is -0.346 e. The van der Waals surface area contributed by atoms with E-state index in [4.69, 9.17) is 5.73 Å². The lowest BCUT2D eigenvalue weighted by atomic mass is 9.97. The van der Waals surface area contributed by atoms with E-state index in [1.165, 1.54) is 12.1 Å². The van der Waals surface area contributed by atoms with E-state index >= 15 is 0 Å². The van der Waals surface area contributed by atoms with E-state index < -0.39 is 0 Å². The van der Waals surface area contributed by atoms with Crippen LogP contribution in [0, 0.1) is 11.7 Å². The molecule has 0 aromatic heterocycles. The molecule has 0 heterocycles. The summed E-state index contributed by atoms with van der Waals surface area (Å²) in [6.45, 7) is 6.77. The van der Waals surface area contributed by atoms with Crippen LogP contribution in [-0.2, 0) is 4.79 Å². The first-order valence-corrected chi connectivity index (χ1v) is 7.56. The summed E-state index contributed by atoms with van der Waals surface area (Å²) in [5.74, 6) is 0.236. The molecule has 0 saturated carbocycles. The molecule has 0 aliphatic carbocycles. The van der Waals surface area contributed by atoms with Crippen molar-refractivity contribution in [3.63, 3.8) is 0 Å². The van der Waals surface area contributed by atoms with Crippen LogP contribution in [0.15, 0.2) is 24.3 Å². The van der Waals surface area contributed by atoms with Crippen molar-refractivity contribution < 1.29 is 9.18 Å². The van der Waals surface area contributed by atoms with E-state index in [9.17, 15) is 9.18 Å². The highest BCUT2D eigenvalue weighted by Crippen LogP contribution is 2.20. The van der Waals surface area contributed by atoms with Crippen LogP contribution in [0.25, 0.3) is 0 Å². The molecule has 1 amide bonds. The van der Waals surface area contributed by atoms with Gasteiger partial charge in [-0.15, -0.1) is 0 Å². The molecule has 0 aliphatic heterocycles. The first kappa shape index (κ1) is 17.6.